The van der Waals surface area contributed by atoms with Crippen LogP contribution in [0.1, 0.15) is 18.4 Å². The van der Waals surface area contributed by atoms with Crippen LogP contribution in [-0.2, 0) is 6.18 Å². The lowest BCUT2D eigenvalue weighted by molar-refractivity contribution is -0.913. The number of carbonyl (C=O) groups is 1. The Hall–Kier alpha value is -1.80. The number of amides is 2. The van der Waals surface area contributed by atoms with Gasteiger partial charge in [-0.3, -0.25) is 0 Å². The second kappa shape index (κ2) is 7.40. The number of rotatable bonds is 4. The number of nitrogens with zero attached hydrogens (tertiary/aromatic N) is 1. The Morgan fingerprint density at radius 1 is 1.33 bits per heavy atom. The van der Waals surface area contributed by atoms with Crippen LogP contribution in [0, 0.1) is 0 Å². The summed E-state index contributed by atoms with van der Waals surface area (Å²) in [5.74, 6) is 0. The Balaban J connectivity index is 1.79. The van der Waals surface area contributed by atoms with Gasteiger partial charge in [0.05, 0.1) is 44.9 Å². The van der Waals surface area contributed by atoms with Crippen molar-refractivity contribution in [3.8, 4) is 0 Å². The number of quaternary nitrogens is 1. The number of likely N-dealkylation sites (tertiary alicyclic amines) is 1. The Labute approximate surface area is 139 Å². The Bertz CT molecular complexity index is 570. The number of urea groups is 1. The van der Waals surface area contributed by atoms with E-state index >= 15 is 0 Å². The summed E-state index contributed by atoms with van der Waals surface area (Å²) in [5, 5.41) is 14.6. The highest BCUT2D eigenvalue weighted by atomic mass is 19.4. The smallest absolute Gasteiger partial charge is 0.393 e. The molecule has 1 aliphatic heterocycles. The van der Waals surface area contributed by atoms with Gasteiger partial charge in [-0.2, -0.15) is 13.2 Å². The van der Waals surface area contributed by atoms with E-state index in [9.17, 15) is 23.1 Å². The van der Waals surface area contributed by atoms with Gasteiger partial charge >= 0.3 is 12.2 Å². The van der Waals surface area contributed by atoms with Crippen LogP contribution in [0.15, 0.2) is 24.3 Å². The summed E-state index contributed by atoms with van der Waals surface area (Å²) in [5.41, 5.74) is -0.700. The molecule has 1 aliphatic rings. The van der Waals surface area contributed by atoms with Gasteiger partial charge in [-0.15, -0.1) is 0 Å². The number of benzene rings is 1. The number of hydrogen-bond acceptors (Lipinski definition) is 2. The quantitative estimate of drug-likeness (QED) is 0.734. The molecule has 3 N–H and O–H groups in total. The third kappa shape index (κ3) is 5.38. The zero-order valence-corrected chi connectivity index (χ0v) is 13.6. The third-order valence-electron chi connectivity index (χ3n) is 4.39. The van der Waals surface area contributed by atoms with Crippen LogP contribution in [0.25, 0.3) is 0 Å². The van der Waals surface area contributed by atoms with Gasteiger partial charge in [-0.25, -0.2) is 4.79 Å². The van der Waals surface area contributed by atoms with E-state index in [1.165, 1.54) is 12.1 Å². The number of piperidine rings is 1. The lowest BCUT2D eigenvalue weighted by Crippen LogP contribution is -2.54. The van der Waals surface area contributed by atoms with Crippen LogP contribution in [0.2, 0.25) is 0 Å². The predicted octanol–water partition coefficient (Wildman–Crippen LogP) is 2.43. The van der Waals surface area contributed by atoms with E-state index in [-0.39, 0.29) is 11.8 Å². The number of alkyl halides is 3. The van der Waals surface area contributed by atoms with Crippen molar-refractivity contribution in [1.29, 1.82) is 0 Å². The normalized spacial score (nSPS) is 24.5. The molecule has 24 heavy (non-hydrogen) atoms. The van der Waals surface area contributed by atoms with E-state index in [1.807, 2.05) is 0 Å². The van der Waals surface area contributed by atoms with Crippen molar-refractivity contribution in [2.45, 2.75) is 25.1 Å². The molecule has 0 radical (unpaired) electrons. The first kappa shape index (κ1) is 18.5. The molecule has 0 atom stereocenters. The number of carbonyl (C=O) groups excluding carboxylic acids is 1. The number of likely N-dealkylation sites (N-methyl/N-ethyl adjacent to an activating group) is 1. The minimum Gasteiger partial charge on any atom is -0.393 e. The van der Waals surface area contributed by atoms with Crippen LogP contribution in [0.5, 0.6) is 0 Å². The highest BCUT2D eigenvalue weighted by Crippen LogP contribution is 2.30. The maximum Gasteiger partial charge on any atom is 0.416 e. The number of aliphatic hydroxyl groups excluding tert-OH is 1. The van der Waals surface area contributed by atoms with Crippen LogP contribution < -0.4 is 10.6 Å². The molecule has 0 spiro atoms. The molecule has 134 valence electrons. The van der Waals surface area contributed by atoms with E-state index in [0.29, 0.717) is 13.1 Å². The van der Waals surface area contributed by atoms with Gasteiger partial charge in [0.15, 0.2) is 0 Å². The van der Waals surface area contributed by atoms with Crippen molar-refractivity contribution in [2.24, 2.45) is 0 Å². The van der Waals surface area contributed by atoms with Crippen LogP contribution in [0.4, 0.5) is 23.7 Å². The maximum absolute atomic E-state index is 12.6. The van der Waals surface area contributed by atoms with E-state index in [1.54, 1.807) is 0 Å². The monoisotopic (exact) mass is 346 g/mol. The molecule has 0 unspecified atom stereocenters. The van der Waals surface area contributed by atoms with Gasteiger partial charge in [-0.05, 0) is 18.2 Å². The van der Waals surface area contributed by atoms with Gasteiger partial charge < -0.3 is 20.2 Å². The fraction of sp³-hybridized carbons (Fsp3) is 0.562. The molecule has 1 saturated heterocycles. The topological polar surface area (TPSA) is 61.4 Å². The Kier molecular flexibility index (Phi) is 5.71. The summed E-state index contributed by atoms with van der Waals surface area (Å²) >= 11 is 0. The molecule has 0 aliphatic carbocycles. The van der Waals surface area contributed by atoms with E-state index in [0.717, 1.165) is 42.5 Å². The fourth-order valence-corrected chi connectivity index (χ4v) is 2.79. The summed E-state index contributed by atoms with van der Waals surface area (Å²) in [6.07, 6.45) is -3.19. The second-order valence-electron chi connectivity index (χ2n) is 6.48. The largest absolute Gasteiger partial charge is 0.416 e. The Morgan fingerprint density at radius 3 is 2.62 bits per heavy atom. The summed E-state index contributed by atoms with van der Waals surface area (Å²) < 4.78 is 38.7. The standard InChI is InChI=1S/C16H22F3N3O2/c1-22(8-5-14(23)6-9-22)10-7-20-15(24)21-13-4-2-3-12(11-13)16(17,18)19/h2-4,11,14,23H,5-10H2,1H3,(H-,20,21,24)/p+1. The van der Waals surface area contributed by atoms with Crippen molar-refractivity contribution in [2.75, 3.05) is 38.5 Å². The first-order valence-corrected chi connectivity index (χ1v) is 7.92. The molecular weight excluding hydrogens is 323 g/mol. The molecule has 1 aromatic rings. The van der Waals surface area contributed by atoms with Crippen molar-refractivity contribution < 1.29 is 27.6 Å². The molecule has 1 heterocycles. The minimum absolute atomic E-state index is 0.101. The molecule has 8 heteroatoms. The number of hydrogen-bond donors (Lipinski definition) is 3. The maximum atomic E-state index is 12.6. The van der Waals surface area contributed by atoms with Gasteiger partial charge in [-0.1, -0.05) is 6.07 Å². The zero-order chi connectivity index (χ0) is 17.8. The van der Waals surface area contributed by atoms with Crippen LogP contribution in [-0.4, -0.2) is 55.0 Å². The average molecular weight is 346 g/mol. The molecule has 0 aromatic heterocycles. The van der Waals surface area contributed by atoms with Crippen LogP contribution >= 0.6 is 0 Å². The molecule has 2 amide bonds. The second-order valence-corrected chi connectivity index (χ2v) is 6.48. The summed E-state index contributed by atoms with van der Waals surface area (Å²) in [7, 11) is 2.07. The van der Waals surface area contributed by atoms with E-state index in [4.69, 9.17) is 0 Å². The summed E-state index contributed by atoms with van der Waals surface area (Å²) in [4.78, 5) is 11.8. The number of halogens is 3. The van der Waals surface area contributed by atoms with Crippen molar-refractivity contribution >= 4 is 11.7 Å². The number of aliphatic hydroxyl groups is 1. The lowest BCUT2D eigenvalue weighted by atomic mass is 10.1. The molecular formula is C16H23F3N3O2+. The molecule has 1 aromatic carbocycles. The zero-order valence-electron chi connectivity index (χ0n) is 13.6. The minimum atomic E-state index is -4.44. The van der Waals surface area contributed by atoms with Gasteiger partial charge in [0.1, 0.15) is 0 Å². The van der Waals surface area contributed by atoms with Crippen molar-refractivity contribution in [3.05, 3.63) is 29.8 Å². The van der Waals surface area contributed by atoms with Crippen LogP contribution in [0.3, 0.4) is 0 Å². The molecule has 1 fully saturated rings. The summed E-state index contributed by atoms with van der Waals surface area (Å²) in [6, 6.07) is 3.99. The first-order chi connectivity index (χ1) is 11.2. The lowest BCUT2D eigenvalue weighted by Gasteiger charge is -2.39. The highest BCUT2D eigenvalue weighted by Gasteiger charge is 2.31. The summed E-state index contributed by atoms with van der Waals surface area (Å²) in [6.45, 7) is 2.82. The first-order valence-electron chi connectivity index (χ1n) is 7.92. The molecule has 0 saturated carbocycles. The molecule has 2 rings (SSSR count). The number of anilines is 1. The van der Waals surface area contributed by atoms with Crippen molar-refractivity contribution in [1.82, 2.24) is 5.32 Å². The van der Waals surface area contributed by atoms with Gasteiger partial charge in [0.2, 0.25) is 0 Å². The average Bonchev–Trinajstić information content (AvgIpc) is 2.50. The van der Waals surface area contributed by atoms with E-state index < -0.39 is 17.8 Å². The van der Waals surface area contributed by atoms with E-state index in [2.05, 4.69) is 17.7 Å². The molecule has 5 nitrogen and oxygen atoms in total. The van der Waals surface area contributed by atoms with Gasteiger partial charge in [0.25, 0.3) is 0 Å². The third-order valence-corrected chi connectivity index (χ3v) is 4.39. The SMILES string of the molecule is C[N+]1(CCNC(=O)Nc2cccc(C(F)(F)F)c2)CCC(O)CC1. The highest BCUT2D eigenvalue weighted by molar-refractivity contribution is 5.89. The Morgan fingerprint density at radius 2 is 2.00 bits per heavy atom. The van der Waals surface area contributed by atoms with Gasteiger partial charge in [0, 0.05) is 18.5 Å². The molecule has 0 bridgehead atoms. The number of nitrogens with one attached hydrogen (secondary N) is 2. The predicted molar refractivity (Wildman–Crippen MR) is 84.5 cm³/mol. The fourth-order valence-electron chi connectivity index (χ4n) is 2.79. The van der Waals surface area contributed by atoms with Crippen molar-refractivity contribution in [3.63, 3.8) is 0 Å².